The molecule has 0 spiro atoms. The van der Waals surface area contributed by atoms with Crippen LogP contribution in [0.1, 0.15) is 15.5 Å². The van der Waals surface area contributed by atoms with E-state index in [-0.39, 0.29) is 17.8 Å². The number of amides is 1. The van der Waals surface area contributed by atoms with Gasteiger partial charge in [-0.15, -0.1) is 11.3 Å². The number of thiophene rings is 1. The second-order valence-corrected chi connectivity index (χ2v) is 6.76. The lowest BCUT2D eigenvalue weighted by molar-refractivity contribution is 0.0698. The van der Waals surface area contributed by atoms with E-state index in [1.54, 1.807) is 0 Å². The molecule has 0 fully saturated rings. The number of hydrogen-bond donors (Lipinski definition) is 2. The van der Waals surface area contributed by atoms with E-state index in [9.17, 15) is 18.0 Å². The van der Waals surface area contributed by atoms with Gasteiger partial charge in [0, 0.05) is 0 Å². The minimum absolute atomic E-state index is 0.105. The van der Waals surface area contributed by atoms with Crippen LogP contribution in [0.5, 0.6) is 6.01 Å². The SMILES string of the molecule is COc1nc(C)nc(NC(=O)S(=O)(=O)c2ccsc2C(=O)O)n1. The molecule has 10 nitrogen and oxygen atoms in total. The van der Waals surface area contributed by atoms with Gasteiger partial charge < -0.3 is 9.84 Å². The lowest BCUT2D eigenvalue weighted by Gasteiger charge is -2.06. The van der Waals surface area contributed by atoms with Gasteiger partial charge >= 0.3 is 17.2 Å². The molecule has 2 N–H and O–H groups in total. The highest BCUT2D eigenvalue weighted by atomic mass is 32.2. The monoisotopic (exact) mass is 358 g/mol. The van der Waals surface area contributed by atoms with Gasteiger partial charge in [0.25, 0.3) is 9.84 Å². The Morgan fingerprint density at radius 2 is 2.00 bits per heavy atom. The summed E-state index contributed by atoms with van der Waals surface area (Å²) in [4.78, 5) is 33.2. The highest BCUT2D eigenvalue weighted by Gasteiger charge is 2.31. The molecule has 122 valence electrons. The topological polar surface area (TPSA) is 148 Å². The number of hydrogen-bond acceptors (Lipinski definition) is 9. The Balaban J connectivity index is 2.34. The van der Waals surface area contributed by atoms with E-state index in [4.69, 9.17) is 9.84 Å². The summed E-state index contributed by atoms with van der Waals surface area (Å²) >= 11 is 0.697. The van der Waals surface area contributed by atoms with E-state index in [2.05, 4.69) is 15.0 Å². The zero-order valence-electron chi connectivity index (χ0n) is 11.8. The molecule has 0 bridgehead atoms. The smallest absolute Gasteiger partial charge is 0.348 e. The number of carbonyl (C=O) groups excluding carboxylic acids is 1. The number of carbonyl (C=O) groups is 2. The molecule has 0 unspecified atom stereocenters. The summed E-state index contributed by atoms with van der Waals surface area (Å²) in [6.45, 7) is 1.50. The van der Waals surface area contributed by atoms with Gasteiger partial charge in [0.1, 0.15) is 15.6 Å². The number of sulfone groups is 1. The van der Waals surface area contributed by atoms with E-state index in [1.807, 2.05) is 5.32 Å². The van der Waals surface area contributed by atoms with E-state index in [1.165, 1.54) is 19.4 Å². The molecule has 2 rings (SSSR count). The van der Waals surface area contributed by atoms with Crippen molar-refractivity contribution >= 4 is 38.3 Å². The van der Waals surface area contributed by atoms with Crippen molar-refractivity contribution in [2.24, 2.45) is 0 Å². The first-order valence-electron chi connectivity index (χ1n) is 5.89. The molecule has 0 aliphatic heterocycles. The first kappa shape index (κ1) is 16.8. The molecule has 0 aliphatic carbocycles. The minimum atomic E-state index is -4.56. The number of rotatable bonds is 4. The number of carboxylic acid groups (broad SMARTS) is 1. The Morgan fingerprint density at radius 1 is 1.30 bits per heavy atom. The maximum atomic E-state index is 12.2. The number of anilines is 1. The van der Waals surface area contributed by atoms with Crippen molar-refractivity contribution in [2.45, 2.75) is 11.8 Å². The van der Waals surface area contributed by atoms with Crippen LogP contribution in [-0.4, -0.2) is 46.8 Å². The number of carboxylic acids is 1. The fourth-order valence-electron chi connectivity index (χ4n) is 1.53. The lowest BCUT2D eigenvalue weighted by Crippen LogP contribution is -2.24. The summed E-state index contributed by atoms with van der Waals surface area (Å²) in [5.41, 5.74) is 0. The fraction of sp³-hybridized carbons (Fsp3) is 0.182. The maximum Gasteiger partial charge on any atom is 0.348 e. The van der Waals surface area contributed by atoms with Crippen LogP contribution < -0.4 is 10.1 Å². The van der Waals surface area contributed by atoms with Crippen LogP contribution in [0.2, 0.25) is 0 Å². The summed E-state index contributed by atoms with van der Waals surface area (Å²) in [5, 5.41) is 10.8. The first-order valence-corrected chi connectivity index (χ1v) is 8.25. The highest BCUT2D eigenvalue weighted by molar-refractivity contribution is 8.06. The van der Waals surface area contributed by atoms with Crippen LogP contribution >= 0.6 is 11.3 Å². The summed E-state index contributed by atoms with van der Waals surface area (Å²) in [6, 6.07) is 0.939. The summed E-state index contributed by atoms with van der Waals surface area (Å²) in [7, 11) is -3.27. The van der Waals surface area contributed by atoms with Crippen molar-refractivity contribution in [1.29, 1.82) is 0 Å². The van der Waals surface area contributed by atoms with Crippen LogP contribution in [0.4, 0.5) is 10.7 Å². The normalized spacial score (nSPS) is 11.0. The molecule has 2 heterocycles. The molecule has 0 radical (unpaired) electrons. The Bertz CT molecular complexity index is 876. The van der Waals surface area contributed by atoms with Crippen LogP contribution in [0.3, 0.4) is 0 Å². The van der Waals surface area contributed by atoms with Gasteiger partial charge in [-0.05, 0) is 18.4 Å². The molecule has 0 aliphatic rings. The molecule has 0 aromatic carbocycles. The van der Waals surface area contributed by atoms with Crippen LogP contribution in [0.15, 0.2) is 16.3 Å². The van der Waals surface area contributed by atoms with E-state index in [0.29, 0.717) is 11.3 Å². The molecular weight excluding hydrogens is 348 g/mol. The van der Waals surface area contributed by atoms with Crippen molar-refractivity contribution in [2.75, 3.05) is 12.4 Å². The lowest BCUT2D eigenvalue weighted by atomic mass is 10.5. The largest absolute Gasteiger partial charge is 0.477 e. The Kier molecular flexibility index (Phi) is 4.56. The van der Waals surface area contributed by atoms with Gasteiger partial charge in [-0.2, -0.15) is 15.0 Å². The van der Waals surface area contributed by atoms with Gasteiger partial charge in [-0.3, -0.25) is 10.1 Å². The summed E-state index contributed by atoms with van der Waals surface area (Å²) in [6.07, 6.45) is 0. The Labute approximate surface area is 134 Å². The number of methoxy groups -OCH3 is 1. The standard InChI is InChI=1S/C11H10N4O6S2/c1-5-12-9(14-10(13-5)21-2)15-11(18)23(19,20)6-3-4-22-7(6)8(16)17/h3-4H,1-2H3,(H,16,17)(H,12,13,14,15,18). The van der Waals surface area contributed by atoms with E-state index < -0.39 is 30.8 Å². The molecule has 0 atom stereocenters. The van der Waals surface area contributed by atoms with E-state index in [0.717, 1.165) is 6.07 Å². The predicted octanol–water partition coefficient (Wildman–Crippen LogP) is 0.954. The number of aromatic nitrogens is 3. The number of ether oxygens (including phenoxy) is 1. The van der Waals surface area contributed by atoms with Gasteiger partial charge in [0.2, 0.25) is 5.95 Å². The first-order chi connectivity index (χ1) is 10.8. The quantitative estimate of drug-likeness (QED) is 0.814. The average Bonchev–Trinajstić information content (AvgIpc) is 2.96. The molecular formula is C11H10N4O6S2. The summed E-state index contributed by atoms with van der Waals surface area (Å²) < 4.78 is 29.2. The Hall–Kier alpha value is -2.60. The van der Waals surface area contributed by atoms with Gasteiger partial charge in [-0.25, -0.2) is 13.2 Å². The number of aryl methyl sites for hydroxylation is 1. The second kappa shape index (κ2) is 6.26. The summed E-state index contributed by atoms with van der Waals surface area (Å²) in [5.74, 6) is -1.56. The molecule has 2 aromatic rings. The highest BCUT2D eigenvalue weighted by Crippen LogP contribution is 2.24. The predicted molar refractivity (Wildman–Crippen MR) is 78.6 cm³/mol. The van der Waals surface area contributed by atoms with E-state index >= 15 is 0 Å². The van der Waals surface area contributed by atoms with Crippen molar-refractivity contribution in [3.8, 4) is 6.01 Å². The third kappa shape index (κ3) is 3.43. The third-order valence-electron chi connectivity index (χ3n) is 2.48. The maximum absolute atomic E-state index is 12.2. The van der Waals surface area contributed by atoms with Crippen molar-refractivity contribution in [3.63, 3.8) is 0 Å². The third-order valence-corrected chi connectivity index (χ3v) is 5.02. The van der Waals surface area contributed by atoms with Crippen LogP contribution in [-0.2, 0) is 9.84 Å². The van der Waals surface area contributed by atoms with Gasteiger partial charge in [0.15, 0.2) is 0 Å². The molecule has 23 heavy (non-hydrogen) atoms. The number of nitrogens with zero attached hydrogens (tertiary/aromatic N) is 3. The fourth-order valence-corrected chi connectivity index (χ4v) is 3.72. The van der Waals surface area contributed by atoms with Crippen molar-refractivity contribution < 1.29 is 27.9 Å². The molecule has 12 heteroatoms. The zero-order chi connectivity index (χ0) is 17.2. The van der Waals surface area contributed by atoms with Crippen LogP contribution in [0, 0.1) is 6.92 Å². The number of aromatic carboxylic acids is 1. The molecule has 1 amide bonds. The van der Waals surface area contributed by atoms with Crippen molar-refractivity contribution in [1.82, 2.24) is 15.0 Å². The molecule has 0 saturated heterocycles. The van der Waals surface area contributed by atoms with Crippen LogP contribution in [0.25, 0.3) is 0 Å². The van der Waals surface area contributed by atoms with Crippen molar-refractivity contribution in [3.05, 3.63) is 22.1 Å². The zero-order valence-corrected chi connectivity index (χ0v) is 13.4. The minimum Gasteiger partial charge on any atom is -0.477 e. The van der Waals surface area contributed by atoms with Gasteiger partial charge in [0.05, 0.1) is 7.11 Å². The molecule has 2 aromatic heterocycles. The average molecular weight is 358 g/mol. The number of nitrogens with one attached hydrogen (secondary N) is 1. The molecule has 0 saturated carbocycles. The second-order valence-electron chi connectivity index (χ2n) is 4.03. The van der Waals surface area contributed by atoms with Gasteiger partial charge in [-0.1, -0.05) is 0 Å². The Morgan fingerprint density at radius 3 is 2.61 bits per heavy atom.